The molecule has 2 N–H and O–H groups in total. The lowest BCUT2D eigenvalue weighted by atomic mass is 10.3. The Bertz CT molecular complexity index is 205. The van der Waals surface area contributed by atoms with Crippen LogP contribution in [0.15, 0.2) is 0 Å². The average Bonchev–Trinajstić information content (AvgIpc) is 1.85. The quantitative estimate of drug-likeness (QED) is 0.702. The SMILES string of the molecule is CCC(CN)S(=O)(=O)CC(C)C. The van der Waals surface area contributed by atoms with Gasteiger partial charge in [-0.1, -0.05) is 20.8 Å². The third kappa shape index (κ3) is 3.54. The molecule has 0 rings (SSSR count). The van der Waals surface area contributed by atoms with Crippen molar-refractivity contribution in [2.24, 2.45) is 11.7 Å². The van der Waals surface area contributed by atoms with Crippen LogP contribution in [0.4, 0.5) is 0 Å². The molecule has 0 bridgehead atoms. The van der Waals surface area contributed by atoms with Crippen molar-refractivity contribution in [3.05, 3.63) is 0 Å². The van der Waals surface area contributed by atoms with Crippen LogP contribution in [0.1, 0.15) is 27.2 Å². The van der Waals surface area contributed by atoms with E-state index in [1.54, 1.807) is 0 Å². The minimum absolute atomic E-state index is 0.190. The minimum atomic E-state index is -2.95. The van der Waals surface area contributed by atoms with Crippen molar-refractivity contribution >= 4 is 9.84 Å². The van der Waals surface area contributed by atoms with Crippen LogP contribution in [-0.4, -0.2) is 26.0 Å². The highest BCUT2D eigenvalue weighted by Crippen LogP contribution is 2.09. The largest absolute Gasteiger partial charge is 0.329 e. The number of hydrogen-bond donors (Lipinski definition) is 1. The molecule has 0 aromatic heterocycles. The lowest BCUT2D eigenvalue weighted by Crippen LogP contribution is -2.32. The molecule has 4 heteroatoms. The van der Waals surface area contributed by atoms with E-state index in [-0.39, 0.29) is 23.5 Å². The molecule has 1 unspecified atom stereocenters. The van der Waals surface area contributed by atoms with E-state index in [9.17, 15) is 8.42 Å². The summed E-state index contributed by atoms with van der Waals surface area (Å²) < 4.78 is 23.0. The van der Waals surface area contributed by atoms with Gasteiger partial charge in [0.2, 0.25) is 0 Å². The molecule has 0 saturated heterocycles. The molecular formula is C8H19NO2S. The Hall–Kier alpha value is -0.0900. The second-order valence-corrected chi connectivity index (χ2v) is 5.82. The van der Waals surface area contributed by atoms with Crippen LogP contribution >= 0.6 is 0 Å². The normalized spacial score (nSPS) is 15.1. The fraction of sp³-hybridized carbons (Fsp3) is 1.00. The second kappa shape index (κ2) is 4.82. The van der Waals surface area contributed by atoms with Crippen molar-refractivity contribution in [2.45, 2.75) is 32.4 Å². The van der Waals surface area contributed by atoms with E-state index in [0.717, 1.165) is 0 Å². The maximum Gasteiger partial charge on any atom is 0.154 e. The van der Waals surface area contributed by atoms with E-state index >= 15 is 0 Å². The van der Waals surface area contributed by atoms with Gasteiger partial charge < -0.3 is 5.73 Å². The smallest absolute Gasteiger partial charge is 0.154 e. The van der Waals surface area contributed by atoms with Crippen molar-refractivity contribution in [3.8, 4) is 0 Å². The van der Waals surface area contributed by atoms with Gasteiger partial charge in [0.05, 0.1) is 11.0 Å². The molecule has 1 atom stereocenters. The van der Waals surface area contributed by atoms with E-state index in [1.165, 1.54) is 0 Å². The summed E-state index contributed by atoms with van der Waals surface area (Å²) in [5, 5.41) is -0.347. The summed E-state index contributed by atoms with van der Waals surface area (Å²) in [6.07, 6.45) is 0.617. The van der Waals surface area contributed by atoms with Gasteiger partial charge in [-0.05, 0) is 12.3 Å². The number of hydrogen-bond acceptors (Lipinski definition) is 3. The van der Waals surface area contributed by atoms with E-state index < -0.39 is 9.84 Å². The highest BCUT2D eigenvalue weighted by atomic mass is 32.2. The molecular weight excluding hydrogens is 174 g/mol. The van der Waals surface area contributed by atoms with Crippen LogP contribution in [0.5, 0.6) is 0 Å². The number of rotatable bonds is 5. The standard InChI is InChI=1S/C8H19NO2S/c1-4-8(5-9)12(10,11)6-7(2)3/h7-8H,4-6,9H2,1-3H3. The van der Waals surface area contributed by atoms with Crippen molar-refractivity contribution in [1.29, 1.82) is 0 Å². The van der Waals surface area contributed by atoms with E-state index in [2.05, 4.69) is 0 Å². The van der Waals surface area contributed by atoms with Gasteiger partial charge in [0.25, 0.3) is 0 Å². The molecule has 0 aromatic carbocycles. The molecule has 0 fully saturated rings. The van der Waals surface area contributed by atoms with Crippen LogP contribution in [-0.2, 0) is 9.84 Å². The van der Waals surface area contributed by atoms with Gasteiger partial charge in [-0.3, -0.25) is 0 Å². The molecule has 0 radical (unpaired) electrons. The van der Waals surface area contributed by atoms with Gasteiger partial charge in [-0.25, -0.2) is 8.42 Å². The van der Waals surface area contributed by atoms with Crippen molar-refractivity contribution in [1.82, 2.24) is 0 Å². The monoisotopic (exact) mass is 193 g/mol. The van der Waals surface area contributed by atoms with Crippen molar-refractivity contribution in [2.75, 3.05) is 12.3 Å². The van der Waals surface area contributed by atoms with Crippen molar-refractivity contribution < 1.29 is 8.42 Å². The zero-order valence-electron chi connectivity index (χ0n) is 8.08. The molecule has 3 nitrogen and oxygen atoms in total. The molecule has 0 aliphatic rings. The summed E-state index contributed by atoms with van der Waals surface area (Å²) in [7, 11) is -2.95. The highest BCUT2D eigenvalue weighted by Gasteiger charge is 2.22. The third-order valence-corrected chi connectivity index (χ3v) is 4.46. The zero-order chi connectivity index (χ0) is 9.78. The predicted octanol–water partition coefficient (Wildman–Crippen LogP) is 0.794. The average molecular weight is 193 g/mol. The number of sulfone groups is 1. The first-order valence-electron chi connectivity index (χ1n) is 4.35. The summed E-state index contributed by atoms with van der Waals surface area (Å²) in [4.78, 5) is 0. The molecule has 0 aliphatic heterocycles. The van der Waals surface area contributed by atoms with E-state index in [0.29, 0.717) is 6.42 Å². The van der Waals surface area contributed by atoms with Gasteiger partial charge in [-0.15, -0.1) is 0 Å². The first kappa shape index (κ1) is 11.9. The molecule has 0 heterocycles. The summed E-state index contributed by atoms with van der Waals surface area (Å²) in [5.74, 6) is 0.443. The first-order chi connectivity index (χ1) is 5.44. The summed E-state index contributed by atoms with van der Waals surface area (Å²) in [5.41, 5.74) is 5.37. The van der Waals surface area contributed by atoms with Crippen LogP contribution in [0.2, 0.25) is 0 Å². The topological polar surface area (TPSA) is 60.2 Å². The predicted molar refractivity (Wildman–Crippen MR) is 51.8 cm³/mol. The minimum Gasteiger partial charge on any atom is -0.329 e. The summed E-state index contributed by atoms with van der Waals surface area (Å²) >= 11 is 0. The Morgan fingerprint density at radius 2 is 1.83 bits per heavy atom. The van der Waals surface area contributed by atoms with E-state index in [1.807, 2.05) is 20.8 Å². The highest BCUT2D eigenvalue weighted by molar-refractivity contribution is 7.92. The molecule has 0 saturated carbocycles. The Balaban J connectivity index is 4.38. The summed E-state index contributed by atoms with van der Waals surface area (Å²) in [6, 6.07) is 0. The summed E-state index contributed by atoms with van der Waals surface area (Å²) in [6.45, 7) is 5.91. The fourth-order valence-electron chi connectivity index (χ4n) is 1.17. The van der Waals surface area contributed by atoms with Gasteiger partial charge >= 0.3 is 0 Å². The Kier molecular flexibility index (Phi) is 4.78. The molecule has 0 aromatic rings. The third-order valence-electron chi connectivity index (χ3n) is 1.79. The van der Waals surface area contributed by atoms with Crippen LogP contribution in [0.25, 0.3) is 0 Å². The lowest BCUT2D eigenvalue weighted by molar-refractivity contribution is 0.563. The van der Waals surface area contributed by atoms with Gasteiger partial charge in [0, 0.05) is 6.54 Å². The molecule has 0 spiro atoms. The zero-order valence-corrected chi connectivity index (χ0v) is 8.89. The van der Waals surface area contributed by atoms with Crippen molar-refractivity contribution in [3.63, 3.8) is 0 Å². The molecule has 12 heavy (non-hydrogen) atoms. The Labute approximate surface area is 75.3 Å². The molecule has 74 valence electrons. The van der Waals surface area contributed by atoms with Gasteiger partial charge in [0.15, 0.2) is 9.84 Å². The van der Waals surface area contributed by atoms with Gasteiger partial charge in [-0.2, -0.15) is 0 Å². The van der Waals surface area contributed by atoms with Crippen LogP contribution in [0.3, 0.4) is 0 Å². The molecule has 0 amide bonds. The van der Waals surface area contributed by atoms with Gasteiger partial charge in [0.1, 0.15) is 0 Å². The second-order valence-electron chi connectivity index (χ2n) is 3.49. The first-order valence-corrected chi connectivity index (χ1v) is 6.07. The van der Waals surface area contributed by atoms with Crippen LogP contribution < -0.4 is 5.73 Å². The fourth-order valence-corrected chi connectivity index (χ4v) is 3.17. The Morgan fingerprint density at radius 3 is 2.08 bits per heavy atom. The van der Waals surface area contributed by atoms with Crippen LogP contribution in [0, 0.1) is 5.92 Å². The maximum absolute atomic E-state index is 11.5. The lowest BCUT2D eigenvalue weighted by Gasteiger charge is -2.14. The number of nitrogens with two attached hydrogens (primary N) is 1. The van der Waals surface area contributed by atoms with E-state index in [4.69, 9.17) is 5.73 Å². The maximum atomic E-state index is 11.5. The molecule has 0 aliphatic carbocycles. The Morgan fingerprint density at radius 1 is 1.33 bits per heavy atom.